The number of nitro groups is 1. The molecule has 0 saturated carbocycles. The predicted molar refractivity (Wildman–Crippen MR) is 113 cm³/mol. The van der Waals surface area contributed by atoms with Gasteiger partial charge in [0.25, 0.3) is 11.6 Å². The van der Waals surface area contributed by atoms with Crippen LogP contribution in [-0.2, 0) is 10.0 Å². The van der Waals surface area contributed by atoms with E-state index in [-0.39, 0.29) is 42.7 Å². The Hall–Kier alpha value is -3.05. The Kier molecular flexibility index (Phi) is 5.88. The van der Waals surface area contributed by atoms with E-state index in [1.165, 1.54) is 34.9 Å². The molecule has 0 N–H and O–H groups in total. The van der Waals surface area contributed by atoms with Gasteiger partial charge in [0, 0.05) is 63.8 Å². The maximum absolute atomic E-state index is 13.3. The highest BCUT2D eigenvalue weighted by atomic mass is 32.2. The summed E-state index contributed by atoms with van der Waals surface area (Å²) in [7, 11) is -3.68. The minimum atomic E-state index is -3.68. The van der Waals surface area contributed by atoms with E-state index in [0.29, 0.717) is 11.3 Å². The molecule has 11 heteroatoms. The topological polar surface area (TPSA) is 117 Å². The average molecular weight is 446 g/mol. The lowest BCUT2D eigenvalue weighted by atomic mass is 10.1. The molecule has 0 atom stereocenters. The third-order valence-electron chi connectivity index (χ3n) is 5.67. The van der Waals surface area contributed by atoms with Gasteiger partial charge in [-0.3, -0.25) is 19.9 Å². The van der Waals surface area contributed by atoms with Gasteiger partial charge < -0.3 is 9.80 Å². The minimum Gasteiger partial charge on any atom is -0.371 e. The van der Waals surface area contributed by atoms with Gasteiger partial charge in [-0.2, -0.15) is 4.31 Å². The van der Waals surface area contributed by atoms with Crippen LogP contribution in [0.3, 0.4) is 0 Å². The number of carbonyl (C=O) groups excluding carboxylic acids is 1. The molecule has 2 aliphatic rings. The fourth-order valence-corrected chi connectivity index (χ4v) is 5.38. The van der Waals surface area contributed by atoms with Gasteiger partial charge in [0.05, 0.1) is 16.2 Å². The predicted octanol–water partition coefficient (Wildman–Crippen LogP) is 1.74. The summed E-state index contributed by atoms with van der Waals surface area (Å²) in [6.45, 7) is 2.32. The Labute approximate surface area is 180 Å². The SMILES string of the molecule is O=C(c1cc([N+](=O)[O-])ccc1N1CCCC1)N1CCN(S(=O)(=O)c2cccnc2)CC1. The molecular weight excluding hydrogens is 422 g/mol. The van der Waals surface area contributed by atoms with Crippen LogP contribution in [-0.4, -0.2) is 72.7 Å². The molecular formula is C20H23N5O5S. The summed E-state index contributed by atoms with van der Waals surface area (Å²) in [6, 6.07) is 7.44. The quantitative estimate of drug-likeness (QED) is 0.508. The number of piperazine rings is 1. The van der Waals surface area contributed by atoms with Crippen molar-refractivity contribution < 1.29 is 18.1 Å². The molecule has 10 nitrogen and oxygen atoms in total. The third kappa shape index (κ3) is 4.23. The fraction of sp³-hybridized carbons (Fsp3) is 0.400. The van der Waals surface area contributed by atoms with Gasteiger partial charge in [-0.1, -0.05) is 0 Å². The molecule has 3 heterocycles. The molecule has 2 saturated heterocycles. The van der Waals surface area contributed by atoms with Gasteiger partial charge >= 0.3 is 0 Å². The van der Waals surface area contributed by atoms with Crippen molar-refractivity contribution in [3.05, 3.63) is 58.4 Å². The van der Waals surface area contributed by atoms with E-state index in [1.54, 1.807) is 17.0 Å². The van der Waals surface area contributed by atoms with Crippen LogP contribution in [0.1, 0.15) is 23.2 Å². The van der Waals surface area contributed by atoms with Crippen LogP contribution in [0.2, 0.25) is 0 Å². The van der Waals surface area contributed by atoms with Crippen molar-refractivity contribution in [3.63, 3.8) is 0 Å². The van der Waals surface area contributed by atoms with E-state index in [4.69, 9.17) is 0 Å². The zero-order valence-electron chi connectivity index (χ0n) is 16.9. The number of aromatic nitrogens is 1. The highest BCUT2D eigenvalue weighted by molar-refractivity contribution is 7.89. The molecule has 1 amide bonds. The Bertz CT molecular complexity index is 1080. The molecule has 31 heavy (non-hydrogen) atoms. The lowest BCUT2D eigenvalue weighted by Crippen LogP contribution is -2.50. The first-order valence-corrected chi connectivity index (χ1v) is 11.5. The lowest BCUT2D eigenvalue weighted by molar-refractivity contribution is -0.384. The summed E-state index contributed by atoms with van der Waals surface area (Å²) >= 11 is 0. The number of non-ortho nitro benzene ring substituents is 1. The zero-order chi connectivity index (χ0) is 22.0. The third-order valence-corrected chi connectivity index (χ3v) is 7.55. The van der Waals surface area contributed by atoms with Crippen molar-refractivity contribution in [1.29, 1.82) is 0 Å². The first kappa shape index (κ1) is 21.2. The smallest absolute Gasteiger partial charge is 0.270 e. The lowest BCUT2D eigenvalue weighted by Gasteiger charge is -2.34. The summed E-state index contributed by atoms with van der Waals surface area (Å²) in [5.41, 5.74) is 0.849. The number of benzene rings is 1. The van der Waals surface area contributed by atoms with Crippen LogP contribution in [0, 0.1) is 10.1 Å². The van der Waals surface area contributed by atoms with E-state index in [1.807, 2.05) is 0 Å². The standard InChI is InChI=1S/C20H23N5O5S/c26-20(18-14-16(25(27)28)5-6-19(18)22-8-1-2-9-22)23-10-12-24(13-11-23)31(29,30)17-4-3-7-21-15-17/h3-7,14-15H,1-2,8-13H2. The number of hydrogen-bond acceptors (Lipinski definition) is 7. The second-order valence-corrected chi connectivity index (χ2v) is 9.48. The van der Waals surface area contributed by atoms with Gasteiger partial charge in [0.2, 0.25) is 10.0 Å². The van der Waals surface area contributed by atoms with Crippen LogP contribution >= 0.6 is 0 Å². The molecule has 0 radical (unpaired) electrons. The minimum absolute atomic E-state index is 0.116. The van der Waals surface area contributed by atoms with E-state index in [9.17, 15) is 23.3 Å². The van der Waals surface area contributed by atoms with E-state index < -0.39 is 14.9 Å². The number of rotatable bonds is 5. The number of pyridine rings is 1. The van der Waals surface area contributed by atoms with E-state index >= 15 is 0 Å². The van der Waals surface area contributed by atoms with Crippen molar-refractivity contribution >= 4 is 27.3 Å². The normalized spacial score (nSPS) is 17.7. The number of nitrogens with zero attached hydrogens (tertiary/aromatic N) is 5. The Morgan fingerprint density at radius 3 is 2.35 bits per heavy atom. The number of nitro benzene ring substituents is 1. The Morgan fingerprint density at radius 1 is 1.03 bits per heavy atom. The number of carbonyl (C=O) groups is 1. The van der Waals surface area contributed by atoms with Gasteiger partial charge in [0.15, 0.2) is 0 Å². The second kappa shape index (κ2) is 8.60. The van der Waals surface area contributed by atoms with Crippen molar-refractivity contribution in [1.82, 2.24) is 14.2 Å². The molecule has 1 aromatic carbocycles. The molecule has 0 bridgehead atoms. The number of anilines is 1. The number of sulfonamides is 1. The summed E-state index contributed by atoms with van der Waals surface area (Å²) in [6.07, 6.45) is 4.83. The van der Waals surface area contributed by atoms with Crippen molar-refractivity contribution in [2.75, 3.05) is 44.2 Å². The van der Waals surface area contributed by atoms with E-state index in [0.717, 1.165) is 25.9 Å². The largest absolute Gasteiger partial charge is 0.371 e. The van der Waals surface area contributed by atoms with Crippen LogP contribution in [0.5, 0.6) is 0 Å². The summed E-state index contributed by atoms with van der Waals surface area (Å²) in [5.74, 6) is -0.316. The molecule has 1 aromatic heterocycles. The Morgan fingerprint density at radius 2 is 1.74 bits per heavy atom. The molecule has 0 spiro atoms. The molecule has 4 rings (SSSR count). The molecule has 2 aliphatic heterocycles. The highest BCUT2D eigenvalue weighted by Crippen LogP contribution is 2.30. The first-order valence-electron chi connectivity index (χ1n) is 10.1. The summed E-state index contributed by atoms with van der Waals surface area (Å²) in [4.78, 5) is 31.6. The first-order chi connectivity index (χ1) is 14.9. The van der Waals surface area contributed by atoms with Gasteiger partial charge in [-0.05, 0) is 31.0 Å². The monoisotopic (exact) mass is 445 g/mol. The van der Waals surface area contributed by atoms with Crippen LogP contribution < -0.4 is 4.90 Å². The van der Waals surface area contributed by atoms with Gasteiger partial charge in [-0.15, -0.1) is 0 Å². The second-order valence-electron chi connectivity index (χ2n) is 7.54. The zero-order valence-corrected chi connectivity index (χ0v) is 17.7. The molecule has 164 valence electrons. The van der Waals surface area contributed by atoms with Crippen molar-refractivity contribution in [2.24, 2.45) is 0 Å². The highest BCUT2D eigenvalue weighted by Gasteiger charge is 2.32. The molecule has 0 aliphatic carbocycles. The van der Waals surface area contributed by atoms with Crippen LogP contribution in [0.25, 0.3) is 0 Å². The molecule has 0 unspecified atom stereocenters. The van der Waals surface area contributed by atoms with E-state index in [2.05, 4.69) is 9.88 Å². The summed E-state index contributed by atoms with van der Waals surface area (Å²) < 4.78 is 26.9. The van der Waals surface area contributed by atoms with Crippen LogP contribution in [0.15, 0.2) is 47.6 Å². The molecule has 2 aromatic rings. The van der Waals surface area contributed by atoms with Crippen molar-refractivity contribution in [3.8, 4) is 0 Å². The van der Waals surface area contributed by atoms with Crippen LogP contribution in [0.4, 0.5) is 11.4 Å². The average Bonchev–Trinajstić information content (AvgIpc) is 3.33. The maximum atomic E-state index is 13.3. The molecule has 2 fully saturated rings. The summed E-state index contributed by atoms with van der Waals surface area (Å²) in [5, 5.41) is 11.3. The maximum Gasteiger partial charge on any atom is 0.270 e. The van der Waals surface area contributed by atoms with Gasteiger partial charge in [-0.25, -0.2) is 8.42 Å². The Balaban J connectivity index is 1.53. The number of amides is 1. The number of hydrogen-bond donors (Lipinski definition) is 0. The van der Waals surface area contributed by atoms with Crippen molar-refractivity contribution in [2.45, 2.75) is 17.7 Å². The van der Waals surface area contributed by atoms with Gasteiger partial charge in [0.1, 0.15) is 4.90 Å². The fourth-order valence-electron chi connectivity index (χ4n) is 3.99.